The van der Waals surface area contributed by atoms with Crippen LogP contribution in [0.5, 0.6) is 0 Å². The second-order valence-electron chi connectivity index (χ2n) is 1.45. The van der Waals surface area contributed by atoms with Crippen molar-refractivity contribution in [1.29, 1.82) is 0 Å². The molecule has 1 heterocycles. The molecule has 0 amide bonds. The molecule has 0 fully saturated rings. The van der Waals surface area contributed by atoms with Crippen LogP contribution < -0.4 is 11.3 Å². The van der Waals surface area contributed by atoms with E-state index in [1.807, 2.05) is 0 Å². The highest BCUT2D eigenvalue weighted by atomic mass is 16.1. The number of anilines is 1. The van der Waals surface area contributed by atoms with Crippen LogP contribution in [0.4, 0.5) is 5.82 Å². The third-order valence-electron chi connectivity index (χ3n) is 0.754. The molecule has 0 aliphatic carbocycles. The van der Waals surface area contributed by atoms with Crippen molar-refractivity contribution in [3.05, 3.63) is 10.4 Å². The molecule has 0 aliphatic rings. The number of hydrogen-bond donors (Lipinski definition) is 2. The van der Waals surface area contributed by atoms with Crippen molar-refractivity contribution in [1.82, 2.24) is 15.0 Å². The van der Waals surface area contributed by atoms with Crippen LogP contribution >= 0.6 is 0 Å². The zero-order valence-corrected chi connectivity index (χ0v) is 4.38. The minimum absolute atomic E-state index is 0.00694. The lowest BCUT2D eigenvalue weighted by atomic mass is 10.8. The van der Waals surface area contributed by atoms with Crippen LogP contribution in [0.1, 0.15) is 0 Å². The molecule has 0 bridgehead atoms. The Kier molecular flexibility index (Phi) is 0.831. The molecule has 0 spiro atoms. The van der Waals surface area contributed by atoms with Gasteiger partial charge in [-0.05, 0) is 0 Å². The van der Waals surface area contributed by atoms with E-state index >= 15 is 0 Å². The summed E-state index contributed by atoms with van der Waals surface area (Å²) >= 11 is 0. The zero-order valence-electron chi connectivity index (χ0n) is 4.38. The third-order valence-corrected chi connectivity index (χ3v) is 0.754. The Morgan fingerprint density at radius 3 is 2.62 bits per heavy atom. The summed E-state index contributed by atoms with van der Waals surface area (Å²) in [5.74, 6) is 0.00694. The van der Waals surface area contributed by atoms with Crippen LogP contribution in [-0.2, 0) is 7.05 Å². The second-order valence-corrected chi connectivity index (χ2v) is 1.45. The van der Waals surface area contributed by atoms with Crippen molar-refractivity contribution in [3.63, 3.8) is 0 Å². The Morgan fingerprint density at radius 1 is 1.88 bits per heavy atom. The van der Waals surface area contributed by atoms with Gasteiger partial charge in [-0.1, -0.05) is 0 Å². The molecule has 0 unspecified atom stereocenters. The Labute approximate surface area is 45.1 Å². The quantitative estimate of drug-likeness (QED) is 0.439. The van der Waals surface area contributed by atoms with E-state index in [1.165, 1.54) is 4.80 Å². The summed E-state index contributed by atoms with van der Waals surface area (Å²) in [7, 11) is 1.60. The van der Waals surface area contributed by atoms with Crippen LogP contribution in [0, 0.1) is 0 Å². The van der Waals surface area contributed by atoms with Crippen LogP contribution in [0.3, 0.4) is 0 Å². The number of aryl methyl sites for hydroxylation is 1. The average Bonchev–Trinajstić information content (AvgIpc) is 1.85. The van der Waals surface area contributed by atoms with Gasteiger partial charge < -0.3 is 5.73 Å². The molecule has 0 saturated heterocycles. The van der Waals surface area contributed by atoms with Gasteiger partial charge in [0.1, 0.15) is 0 Å². The fraction of sp³-hybridized carbons (Fsp3) is 0.333. The van der Waals surface area contributed by atoms with Crippen molar-refractivity contribution >= 4 is 5.82 Å². The lowest BCUT2D eigenvalue weighted by molar-refractivity contribution is 0.651. The Hall–Kier alpha value is -1.26. The number of aromatic amines is 1. The highest BCUT2D eigenvalue weighted by molar-refractivity contribution is 5.19. The zero-order chi connectivity index (χ0) is 6.15. The van der Waals surface area contributed by atoms with Crippen LogP contribution in [-0.4, -0.2) is 15.0 Å². The SMILES string of the molecule is Cn1nc(N)c(=O)[nH]1. The highest BCUT2D eigenvalue weighted by Crippen LogP contribution is 1.75. The van der Waals surface area contributed by atoms with E-state index in [2.05, 4.69) is 10.2 Å². The van der Waals surface area contributed by atoms with Crippen molar-refractivity contribution in [2.24, 2.45) is 7.05 Å². The lowest BCUT2D eigenvalue weighted by Gasteiger charge is -1.78. The summed E-state index contributed by atoms with van der Waals surface area (Å²) in [4.78, 5) is 11.6. The normalized spacial score (nSPS) is 9.62. The molecule has 3 N–H and O–H groups in total. The summed E-state index contributed by atoms with van der Waals surface area (Å²) in [6, 6.07) is 0. The molecule has 0 aromatic carbocycles. The van der Waals surface area contributed by atoms with Crippen molar-refractivity contribution < 1.29 is 0 Å². The molecule has 1 aromatic rings. The van der Waals surface area contributed by atoms with E-state index in [4.69, 9.17) is 5.73 Å². The van der Waals surface area contributed by atoms with E-state index in [-0.39, 0.29) is 11.4 Å². The van der Waals surface area contributed by atoms with Gasteiger partial charge in [0.05, 0.1) is 0 Å². The average molecular weight is 114 g/mol. The molecule has 5 nitrogen and oxygen atoms in total. The predicted octanol–water partition coefficient (Wildman–Crippen LogP) is -1.31. The Balaban J connectivity index is 3.35. The number of hydrogen-bond acceptors (Lipinski definition) is 3. The van der Waals surface area contributed by atoms with Gasteiger partial charge >= 0.3 is 5.56 Å². The summed E-state index contributed by atoms with van der Waals surface area (Å²) in [6.45, 7) is 0. The summed E-state index contributed by atoms with van der Waals surface area (Å²) < 4.78 is 0. The molecule has 0 atom stereocenters. The van der Waals surface area contributed by atoms with Gasteiger partial charge in [0, 0.05) is 7.05 Å². The molecule has 0 saturated carbocycles. The molecular weight excluding hydrogens is 108 g/mol. The van der Waals surface area contributed by atoms with Crippen LogP contribution in [0.15, 0.2) is 4.79 Å². The van der Waals surface area contributed by atoms with E-state index in [0.29, 0.717) is 0 Å². The minimum atomic E-state index is -0.340. The fourth-order valence-corrected chi connectivity index (χ4v) is 0.436. The standard InChI is InChI=1S/C3H6N4O/c1-7-5-2(4)3(8)6-7/h1H3,(H2,4,5)(H,6,8). The number of rotatable bonds is 0. The van der Waals surface area contributed by atoms with Gasteiger partial charge in [-0.25, -0.2) is 9.90 Å². The van der Waals surface area contributed by atoms with Crippen molar-refractivity contribution in [2.75, 3.05) is 5.73 Å². The molecule has 1 rings (SSSR count). The molecule has 1 aromatic heterocycles. The van der Waals surface area contributed by atoms with E-state index in [9.17, 15) is 4.79 Å². The van der Waals surface area contributed by atoms with Gasteiger partial charge in [-0.2, -0.15) is 0 Å². The number of aromatic nitrogens is 3. The maximum atomic E-state index is 10.4. The molecule has 44 valence electrons. The second kappa shape index (κ2) is 1.36. The molecular formula is C3H6N4O. The maximum absolute atomic E-state index is 10.4. The van der Waals surface area contributed by atoms with Crippen LogP contribution in [0.25, 0.3) is 0 Å². The number of nitrogens with zero attached hydrogens (tertiary/aromatic N) is 2. The number of nitrogens with two attached hydrogens (primary N) is 1. The number of nitrogen functional groups attached to an aromatic ring is 1. The molecule has 0 radical (unpaired) electrons. The first-order chi connectivity index (χ1) is 3.70. The maximum Gasteiger partial charge on any atom is 0.308 e. The van der Waals surface area contributed by atoms with Gasteiger partial charge in [0.2, 0.25) is 5.82 Å². The van der Waals surface area contributed by atoms with Crippen molar-refractivity contribution in [2.45, 2.75) is 0 Å². The van der Waals surface area contributed by atoms with E-state index in [1.54, 1.807) is 7.05 Å². The lowest BCUT2D eigenvalue weighted by Crippen LogP contribution is -2.05. The fourth-order valence-electron chi connectivity index (χ4n) is 0.436. The molecule has 0 aliphatic heterocycles. The first-order valence-electron chi connectivity index (χ1n) is 2.09. The molecule has 5 heteroatoms. The van der Waals surface area contributed by atoms with Gasteiger partial charge in [0.25, 0.3) is 0 Å². The van der Waals surface area contributed by atoms with E-state index in [0.717, 1.165) is 0 Å². The van der Waals surface area contributed by atoms with Gasteiger partial charge in [-0.15, -0.1) is 5.10 Å². The van der Waals surface area contributed by atoms with Gasteiger partial charge in [0.15, 0.2) is 0 Å². The van der Waals surface area contributed by atoms with Gasteiger partial charge in [-0.3, -0.25) is 4.79 Å². The summed E-state index contributed by atoms with van der Waals surface area (Å²) in [5, 5.41) is 5.87. The minimum Gasteiger partial charge on any atom is -0.378 e. The Morgan fingerprint density at radius 2 is 2.50 bits per heavy atom. The largest absolute Gasteiger partial charge is 0.378 e. The Bertz CT molecular complexity index is 234. The van der Waals surface area contributed by atoms with Crippen molar-refractivity contribution in [3.8, 4) is 0 Å². The summed E-state index contributed by atoms with van der Waals surface area (Å²) in [6.07, 6.45) is 0. The first-order valence-corrected chi connectivity index (χ1v) is 2.09. The summed E-state index contributed by atoms with van der Waals surface area (Å²) in [5.41, 5.74) is 4.72. The molecule has 8 heavy (non-hydrogen) atoms. The first kappa shape index (κ1) is 4.89. The predicted molar refractivity (Wildman–Crippen MR) is 28.2 cm³/mol. The highest BCUT2D eigenvalue weighted by Gasteiger charge is 1.93. The smallest absolute Gasteiger partial charge is 0.308 e. The monoisotopic (exact) mass is 114 g/mol. The topological polar surface area (TPSA) is 76.7 Å². The third kappa shape index (κ3) is 0.575. The number of H-pyrrole nitrogens is 1. The van der Waals surface area contributed by atoms with Crippen LogP contribution in [0.2, 0.25) is 0 Å². The number of nitrogens with one attached hydrogen (secondary N) is 1. The van der Waals surface area contributed by atoms with E-state index < -0.39 is 0 Å².